The molecule has 1 atom stereocenters. The number of nitrogens with one attached hydrogen (secondary N) is 3. The molecule has 1 fully saturated rings. The van der Waals surface area contributed by atoms with Crippen LogP contribution in [0.2, 0.25) is 0 Å². The van der Waals surface area contributed by atoms with Crippen molar-refractivity contribution in [1.29, 1.82) is 0 Å². The molecule has 2 heterocycles. The number of hydrogen-bond donors (Lipinski definition) is 3. The van der Waals surface area contributed by atoms with E-state index in [4.69, 9.17) is 0 Å². The first-order chi connectivity index (χ1) is 6.68. The van der Waals surface area contributed by atoms with Crippen molar-refractivity contribution in [2.45, 2.75) is 17.5 Å². The maximum Gasteiger partial charge on any atom is 0.257 e. The van der Waals surface area contributed by atoms with Gasteiger partial charge in [-0.25, -0.2) is 18.1 Å². The summed E-state index contributed by atoms with van der Waals surface area (Å²) < 4.78 is 25.9. The van der Waals surface area contributed by atoms with E-state index in [2.05, 4.69) is 20.0 Å². The number of H-pyrrole nitrogens is 1. The number of sulfonamides is 1. The fourth-order valence-electron chi connectivity index (χ4n) is 1.43. The van der Waals surface area contributed by atoms with Gasteiger partial charge < -0.3 is 10.3 Å². The number of imidazole rings is 1. The van der Waals surface area contributed by atoms with Crippen LogP contribution in [0.25, 0.3) is 0 Å². The second-order valence-corrected chi connectivity index (χ2v) is 4.91. The van der Waals surface area contributed by atoms with Gasteiger partial charge in [-0.1, -0.05) is 0 Å². The molecule has 1 unspecified atom stereocenters. The molecule has 1 aliphatic rings. The molecule has 0 bridgehead atoms. The van der Waals surface area contributed by atoms with Crippen LogP contribution in [0.1, 0.15) is 6.42 Å². The van der Waals surface area contributed by atoms with Gasteiger partial charge in [0.1, 0.15) is 0 Å². The molecule has 1 saturated heterocycles. The minimum atomic E-state index is -3.41. The van der Waals surface area contributed by atoms with Gasteiger partial charge in [-0.15, -0.1) is 0 Å². The van der Waals surface area contributed by atoms with Crippen molar-refractivity contribution in [2.75, 3.05) is 13.1 Å². The molecule has 14 heavy (non-hydrogen) atoms. The number of nitrogens with zero attached hydrogens (tertiary/aromatic N) is 1. The molecule has 1 aromatic rings. The second kappa shape index (κ2) is 3.68. The van der Waals surface area contributed by atoms with Crippen LogP contribution in [0.4, 0.5) is 0 Å². The topological polar surface area (TPSA) is 86.9 Å². The Morgan fingerprint density at radius 2 is 2.43 bits per heavy atom. The maximum absolute atomic E-state index is 11.6. The Labute approximate surface area is 82.2 Å². The summed E-state index contributed by atoms with van der Waals surface area (Å²) in [6.07, 6.45) is 3.47. The summed E-state index contributed by atoms with van der Waals surface area (Å²) in [5.74, 6) is 0. The predicted octanol–water partition coefficient (Wildman–Crippen LogP) is -0.950. The molecule has 3 N–H and O–H groups in total. The van der Waals surface area contributed by atoms with Gasteiger partial charge in [0.25, 0.3) is 10.0 Å². The van der Waals surface area contributed by atoms with E-state index in [0.29, 0.717) is 6.54 Å². The highest BCUT2D eigenvalue weighted by Gasteiger charge is 2.23. The third-order valence-electron chi connectivity index (χ3n) is 2.14. The van der Waals surface area contributed by atoms with Gasteiger partial charge in [0.05, 0.1) is 12.5 Å². The molecule has 7 heteroatoms. The van der Waals surface area contributed by atoms with Gasteiger partial charge in [0.15, 0.2) is 5.03 Å². The minimum Gasteiger partial charge on any atom is -0.335 e. The Hall–Kier alpha value is -0.920. The summed E-state index contributed by atoms with van der Waals surface area (Å²) in [4.78, 5) is 6.24. The van der Waals surface area contributed by atoms with Crippen molar-refractivity contribution in [2.24, 2.45) is 0 Å². The molecule has 0 radical (unpaired) electrons. The second-order valence-electron chi connectivity index (χ2n) is 3.23. The zero-order valence-electron chi connectivity index (χ0n) is 7.53. The molecule has 78 valence electrons. The highest BCUT2D eigenvalue weighted by Crippen LogP contribution is 2.06. The van der Waals surface area contributed by atoms with Crippen LogP contribution in [0, 0.1) is 0 Å². The monoisotopic (exact) mass is 216 g/mol. The third kappa shape index (κ3) is 1.94. The van der Waals surface area contributed by atoms with E-state index in [1.165, 1.54) is 12.5 Å². The molecule has 0 aliphatic carbocycles. The zero-order chi connectivity index (χ0) is 10.0. The van der Waals surface area contributed by atoms with Crippen LogP contribution < -0.4 is 10.0 Å². The van der Waals surface area contributed by atoms with Gasteiger partial charge in [-0.3, -0.25) is 0 Å². The van der Waals surface area contributed by atoms with E-state index in [9.17, 15) is 8.42 Å². The van der Waals surface area contributed by atoms with Crippen molar-refractivity contribution < 1.29 is 8.42 Å². The smallest absolute Gasteiger partial charge is 0.257 e. The van der Waals surface area contributed by atoms with Gasteiger partial charge >= 0.3 is 0 Å². The maximum atomic E-state index is 11.6. The first kappa shape index (κ1) is 9.63. The summed E-state index contributed by atoms with van der Waals surface area (Å²) in [5.41, 5.74) is 0. The quantitative estimate of drug-likeness (QED) is 0.608. The molecule has 0 saturated carbocycles. The Kier molecular flexibility index (Phi) is 2.53. The lowest BCUT2D eigenvalue weighted by Crippen LogP contribution is -2.36. The fraction of sp³-hybridized carbons (Fsp3) is 0.571. The summed E-state index contributed by atoms with van der Waals surface area (Å²) >= 11 is 0. The molecule has 0 aromatic carbocycles. The summed E-state index contributed by atoms with van der Waals surface area (Å²) in [7, 11) is -3.41. The number of aromatic nitrogens is 2. The predicted molar refractivity (Wildman–Crippen MR) is 50.2 cm³/mol. The largest absolute Gasteiger partial charge is 0.335 e. The highest BCUT2D eigenvalue weighted by atomic mass is 32.2. The van der Waals surface area contributed by atoms with E-state index in [0.717, 1.165) is 13.0 Å². The van der Waals surface area contributed by atoms with Crippen molar-refractivity contribution >= 4 is 10.0 Å². The lowest BCUT2D eigenvalue weighted by molar-refractivity contribution is 0.557. The standard InChI is InChI=1S/C7H12N4O2S/c12-14(13,7-4-9-5-10-7)11-6-1-2-8-3-6/h4-6,8,11H,1-3H2,(H,9,10). The Bertz CT molecular complexity index is 380. The normalized spacial score (nSPS) is 22.7. The van der Waals surface area contributed by atoms with Gasteiger partial charge in [-0.05, 0) is 13.0 Å². The molecule has 6 nitrogen and oxygen atoms in total. The van der Waals surface area contributed by atoms with Crippen LogP contribution in [0.15, 0.2) is 17.6 Å². The molecule has 1 aromatic heterocycles. The fourth-order valence-corrected chi connectivity index (χ4v) is 2.60. The van der Waals surface area contributed by atoms with Crippen LogP contribution in [0.5, 0.6) is 0 Å². The molecule has 0 amide bonds. The first-order valence-corrected chi connectivity index (χ1v) is 5.88. The van der Waals surface area contributed by atoms with Crippen molar-refractivity contribution in [3.05, 3.63) is 12.5 Å². The van der Waals surface area contributed by atoms with Crippen molar-refractivity contribution in [1.82, 2.24) is 20.0 Å². The molecule has 1 aliphatic heterocycles. The summed E-state index contributed by atoms with van der Waals surface area (Å²) in [5, 5.41) is 3.20. The highest BCUT2D eigenvalue weighted by molar-refractivity contribution is 7.89. The van der Waals surface area contributed by atoms with E-state index >= 15 is 0 Å². The van der Waals surface area contributed by atoms with Gasteiger partial charge in [-0.2, -0.15) is 0 Å². The van der Waals surface area contributed by atoms with Gasteiger partial charge in [0.2, 0.25) is 0 Å². The van der Waals surface area contributed by atoms with E-state index in [-0.39, 0.29) is 11.1 Å². The summed E-state index contributed by atoms with van der Waals surface area (Å²) in [6.45, 7) is 1.55. The molecular formula is C7H12N4O2S. The Morgan fingerprint density at radius 3 is 3.00 bits per heavy atom. The van der Waals surface area contributed by atoms with Crippen molar-refractivity contribution in [3.8, 4) is 0 Å². The lowest BCUT2D eigenvalue weighted by Gasteiger charge is -2.09. The molecule has 2 rings (SSSR count). The van der Waals surface area contributed by atoms with Crippen LogP contribution in [0.3, 0.4) is 0 Å². The van der Waals surface area contributed by atoms with Crippen LogP contribution >= 0.6 is 0 Å². The number of aromatic amines is 1. The summed E-state index contributed by atoms with van der Waals surface area (Å²) in [6, 6.07) is -0.0108. The first-order valence-electron chi connectivity index (χ1n) is 4.40. The average molecular weight is 216 g/mol. The average Bonchev–Trinajstić information content (AvgIpc) is 2.71. The number of rotatable bonds is 3. The van der Waals surface area contributed by atoms with Gasteiger partial charge in [0, 0.05) is 12.6 Å². The molecular weight excluding hydrogens is 204 g/mol. The van der Waals surface area contributed by atoms with E-state index in [1.54, 1.807) is 0 Å². The minimum absolute atomic E-state index is 0.0108. The Morgan fingerprint density at radius 1 is 1.57 bits per heavy atom. The lowest BCUT2D eigenvalue weighted by atomic mass is 10.3. The van der Waals surface area contributed by atoms with Crippen LogP contribution in [-0.2, 0) is 10.0 Å². The SMILES string of the molecule is O=S(=O)(NC1CCNC1)c1cnc[nH]1. The van der Waals surface area contributed by atoms with E-state index < -0.39 is 10.0 Å². The third-order valence-corrected chi connectivity index (χ3v) is 3.59. The Balaban J connectivity index is 2.09. The molecule has 0 spiro atoms. The van der Waals surface area contributed by atoms with E-state index in [1.807, 2.05) is 0 Å². The van der Waals surface area contributed by atoms with Crippen molar-refractivity contribution in [3.63, 3.8) is 0 Å². The number of hydrogen-bond acceptors (Lipinski definition) is 4. The van der Waals surface area contributed by atoms with Crippen LogP contribution in [-0.4, -0.2) is 37.5 Å². The zero-order valence-corrected chi connectivity index (χ0v) is 8.34.